The van der Waals surface area contributed by atoms with Crippen LogP contribution in [-0.2, 0) is 4.79 Å². The summed E-state index contributed by atoms with van der Waals surface area (Å²) >= 11 is 2.59. The first-order chi connectivity index (χ1) is 12.7. The maximum absolute atomic E-state index is 12.6. The lowest BCUT2D eigenvalue weighted by Gasteiger charge is -2.14. The molecule has 0 saturated heterocycles. The zero-order chi connectivity index (χ0) is 18.4. The van der Waals surface area contributed by atoms with Gasteiger partial charge in [-0.05, 0) is 35.7 Å². The van der Waals surface area contributed by atoms with Crippen molar-refractivity contribution in [2.24, 2.45) is 0 Å². The van der Waals surface area contributed by atoms with E-state index in [1.54, 1.807) is 6.92 Å². The number of amides is 3. The topological polar surface area (TPSA) is 97.1 Å². The molecule has 134 valence electrons. The van der Waals surface area contributed by atoms with E-state index in [1.165, 1.54) is 11.3 Å². The molecule has 3 amide bonds. The number of rotatable bonds is 6. The molecular formula is C17H16N4O3S2. The van der Waals surface area contributed by atoms with E-state index >= 15 is 0 Å². The van der Waals surface area contributed by atoms with Gasteiger partial charge in [0.1, 0.15) is 5.25 Å². The van der Waals surface area contributed by atoms with Crippen LogP contribution in [0.2, 0.25) is 0 Å². The predicted octanol–water partition coefficient (Wildman–Crippen LogP) is 3.48. The van der Waals surface area contributed by atoms with Crippen LogP contribution >= 0.6 is 23.1 Å². The van der Waals surface area contributed by atoms with Gasteiger partial charge in [0, 0.05) is 6.54 Å². The second kappa shape index (κ2) is 8.63. The number of nitrogens with zero attached hydrogens (tertiary/aromatic N) is 2. The van der Waals surface area contributed by atoms with Gasteiger partial charge < -0.3 is 9.73 Å². The van der Waals surface area contributed by atoms with Crippen molar-refractivity contribution in [2.75, 3.05) is 6.54 Å². The number of nitrogens with one attached hydrogen (secondary N) is 2. The van der Waals surface area contributed by atoms with Gasteiger partial charge >= 0.3 is 6.03 Å². The Bertz CT molecular complexity index is 865. The molecule has 1 atom stereocenters. The van der Waals surface area contributed by atoms with E-state index in [0.717, 1.165) is 22.2 Å². The van der Waals surface area contributed by atoms with E-state index in [4.69, 9.17) is 4.42 Å². The van der Waals surface area contributed by atoms with Crippen LogP contribution in [-0.4, -0.2) is 28.7 Å². The average Bonchev–Trinajstić information content (AvgIpc) is 3.32. The standard InChI is InChI=1S/C17H16N4O3S2/c1-2-18-16(23)19-14(22)13(11-7-4-3-5-8-11)26-17-21-20-15(24-17)12-9-6-10-25-12/h3-10,13H,2H2,1H3,(H2,18,19,22,23)/t13-/m0/s1. The van der Waals surface area contributed by atoms with Crippen molar-refractivity contribution in [3.63, 3.8) is 0 Å². The van der Waals surface area contributed by atoms with Gasteiger partial charge in [0.25, 0.3) is 11.1 Å². The third-order valence-electron chi connectivity index (χ3n) is 3.27. The molecule has 0 spiro atoms. The minimum Gasteiger partial charge on any atom is -0.410 e. The maximum Gasteiger partial charge on any atom is 0.321 e. The number of carbonyl (C=O) groups is 2. The summed E-state index contributed by atoms with van der Waals surface area (Å²) in [7, 11) is 0. The van der Waals surface area contributed by atoms with E-state index in [-0.39, 0.29) is 5.22 Å². The molecule has 2 aromatic heterocycles. The fraction of sp³-hybridized carbons (Fsp3) is 0.176. The van der Waals surface area contributed by atoms with E-state index in [2.05, 4.69) is 20.8 Å². The highest BCUT2D eigenvalue weighted by Gasteiger charge is 2.26. The SMILES string of the molecule is CCNC(=O)NC(=O)[C@@H](Sc1nnc(-c2cccs2)o1)c1ccccc1. The summed E-state index contributed by atoms with van der Waals surface area (Å²) in [6.45, 7) is 2.20. The van der Waals surface area contributed by atoms with Crippen molar-refractivity contribution < 1.29 is 14.0 Å². The second-order valence-corrected chi connectivity index (χ2v) is 7.11. The maximum atomic E-state index is 12.6. The predicted molar refractivity (Wildman–Crippen MR) is 99.9 cm³/mol. The van der Waals surface area contributed by atoms with Crippen molar-refractivity contribution in [1.29, 1.82) is 0 Å². The molecule has 0 bridgehead atoms. The Balaban J connectivity index is 1.80. The van der Waals surface area contributed by atoms with E-state index < -0.39 is 17.2 Å². The van der Waals surface area contributed by atoms with Crippen LogP contribution < -0.4 is 10.6 Å². The molecule has 2 N–H and O–H groups in total. The molecule has 0 unspecified atom stereocenters. The van der Waals surface area contributed by atoms with E-state index in [1.807, 2.05) is 47.8 Å². The summed E-state index contributed by atoms with van der Waals surface area (Å²) in [6.07, 6.45) is 0. The lowest BCUT2D eigenvalue weighted by Crippen LogP contribution is -2.41. The fourth-order valence-corrected chi connectivity index (χ4v) is 3.66. The Labute approximate surface area is 158 Å². The summed E-state index contributed by atoms with van der Waals surface area (Å²) < 4.78 is 5.65. The third-order valence-corrected chi connectivity index (χ3v) is 5.22. The molecule has 1 aromatic carbocycles. The summed E-state index contributed by atoms with van der Waals surface area (Å²) in [4.78, 5) is 25.1. The van der Waals surface area contributed by atoms with Crippen LogP contribution in [0.25, 0.3) is 10.8 Å². The van der Waals surface area contributed by atoms with Gasteiger partial charge in [-0.1, -0.05) is 36.4 Å². The van der Waals surface area contributed by atoms with Crippen molar-refractivity contribution in [1.82, 2.24) is 20.8 Å². The minimum atomic E-state index is -0.699. The summed E-state index contributed by atoms with van der Waals surface area (Å²) in [5.41, 5.74) is 0.732. The van der Waals surface area contributed by atoms with Crippen LogP contribution in [0.4, 0.5) is 4.79 Å². The summed E-state index contributed by atoms with van der Waals surface area (Å²) in [5.74, 6) is -0.0542. The third kappa shape index (κ3) is 4.50. The highest BCUT2D eigenvalue weighted by molar-refractivity contribution is 8.00. The highest BCUT2D eigenvalue weighted by Crippen LogP contribution is 2.36. The molecule has 26 heavy (non-hydrogen) atoms. The van der Waals surface area contributed by atoms with Gasteiger partial charge in [0.05, 0.1) is 4.88 Å². The molecule has 3 rings (SSSR count). The number of benzene rings is 1. The Morgan fingerprint density at radius 3 is 2.69 bits per heavy atom. The van der Waals surface area contributed by atoms with Gasteiger partial charge in [0.15, 0.2) is 0 Å². The smallest absolute Gasteiger partial charge is 0.321 e. The van der Waals surface area contributed by atoms with Crippen molar-refractivity contribution in [2.45, 2.75) is 17.4 Å². The lowest BCUT2D eigenvalue weighted by atomic mass is 10.1. The number of aromatic nitrogens is 2. The van der Waals surface area contributed by atoms with Crippen LogP contribution in [0.1, 0.15) is 17.7 Å². The van der Waals surface area contributed by atoms with Gasteiger partial charge in [-0.15, -0.1) is 21.5 Å². The Morgan fingerprint density at radius 2 is 2.00 bits per heavy atom. The normalized spacial score (nSPS) is 11.7. The fourth-order valence-electron chi connectivity index (χ4n) is 2.14. The van der Waals surface area contributed by atoms with Crippen molar-refractivity contribution >= 4 is 35.0 Å². The first-order valence-electron chi connectivity index (χ1n) is 7.85. The highest BCUT2D eigenvalue weighted by atomic mass is 32.2. The molecule has 0 aliphatic heterocycles. The molecule has 0 saturated carbocycles. The van der Waals surface area contributed by atoms with Crippen LogP contribution in [0, 0.1) is 0 Å². The number of hydrogen-bond acceptors (Lipinski definition) is 7. The van der Waals surface area contributed by atoms with E-state index in [0.29, 0.717) is 12.4 Å². The quantitative estimate of drug-likeness (QED) is 0.628. The number of thiophene rings is 1. The molecule has 0 radical (unpaired) electrons. The van der Waals surface area contributed by atoms with Gasteiger partial charge in [-0.2, -0.15) is 0 Å². The second-order valence-electron chi connectivity index (χ2n) is 5.11. The summed E-state index contributed by atoms with van der Waals surface area (Å²) in [6, 6.07) is 12.4. The average molecular weight is 388 g/mol. The summed E-state index contributed by atoms with van der Waals surface area (Å²) in [5, 5.41) is 14.4. The molecule has 7 nitrogen and oxygen atoms in total. The number of thioether (sulfide) groups is 1. The Hall–Kier alpha value is -2.65. The largest absolute Gasteiger partial charge is 0.410 e. The van der Waals surface area contributed by atoms with Crippen LogP contribution in [0.3, 0.4) is 0 Å². The van der Waals surface area contributed by atoms with Gasteiger partial charge in [-0.3, -0.25) is 10.1 Å². The lowest BCUT2D eigenvalue weighted by molar-refractivity contribution is -0.119. The molecule has 0 aliphatic rings. The van der Waals surface area contributed by atoms with Crippen molar-refractivity contribution in [3.05, 3.63) is 53.4 Å². The van der Waals surface area contributed by atoms with Gasteiger partial charge in [-0.25, -0.2) is 4.79 Å². The number of carbonyl (C=O) groups excluding carboxylic acids is 2. The van der Waals surface area contributed by atoms with Crippen molar-refractivity contribution in [3.8, 4) is 10.8 Å². The molecule has 0 aliphatic carbocycles. The molecule has 9 heteroatoms. The number of hydrogen-bond donors (Lipinski definition) is 2. The first-order valence-corrected chi connectivity index (χ1v) is 9.61. The zero-order valence-electron chi connectivity index (χ0n) is 13.8. The van der Waals surface area contributed by atoms with Gasteiger partial charge in [0.2, 0.25) is 5.91 Å². The Morgan fingerprint density at radius 1 is 1.19 bits per heavy atom. The zero-order valence-corrected chi connectivity index (χ0v) is 15.5. The molecule has 3 aromatic rings. The van der Waals surface area contributed by atoms with Crippen LogP contribution in [0.15, 0.2) is 57.5 Å². The minimum absolute atomic E-state index is 0.258. The van der Waals surface area contributed by atoms with E-state index in [9.17, 15) is 9.59 Å². The molecule has 0 fully saturated rings. The van der Waals surface area contributed by atoms with Crippen LogP contribution in [0.5, 0.6) is 0 Å². The first kappa shape index (κ1) is 18.2. The molecule has 2 heterocycles. The number of urea groups is 1. The molecular weight excluding hydrogens is 372 g/mol. The number of imide groups is 1. The monoisotopic (exact) mass is 388 g/mol. The Kier molecular flexibility index (Phi) is 6.03.